The molecule has 0 radical (unpaired) electrons. The SMILES string of the molecule is CC1CCCN(C(=O)NCC23CC4CC(CC(C4)C2)C3)C1. The van der Waals surface area contributed by atoms with E-state index in [0.717, 1.165) is 37.4 Å². The molecule has 4 bridgehead atoms. The Bertz CT molecular complexity index is 384. The highest BCUT2D eigenvalue weighted by atomic mass is 16.2. The summed E-state index contributed by atoms with van der Waals surface area (Å²) in [6.07, 6.45) is 11.1. The van der Waals surface area contributed by atoms with E-state index in [-0.39, 0.29) is 6.03 Å². The van der Waals surface area contributed by atoms with Crippen LogP contribution in [0, 0.1) is 29.1 Å². The smallest absolute Gasteiger partial charge is 0.317 e. The Balaban J connectivity index is 1.35. The van der Waals surface area contributed by atoms with Crippen molar-refractivity contribution in [2.24, 2.45) is 29.1 Å². The molecule has 0 spiro atoms. The van der Waals surface area contributed by atoms with Crippen LogP contribution >= 0.6 is 0 Å². The molecule has 5 fully saturated rings. The highest BCUT2D eigenvalue weighted by molar-refractivity contribution is 5.74. The lowest BCUT2D eigenvalue weighted by atomic mass is 9.49. The van der Waals surface area contributed by atoms with E-state index in [1.165, 1.54) is 51.4 Å². The minimum Gasteiger partial charge on any atom is -0.337 e. The lowest BCUT2D eigenvalue weighted by molar-refractivity contribution is -0.0503. The molecule has 0 aromatic rings. The number of amides is 2. The summed E-state index contributed by atoms with van der Waals surface area (Å²) < 4.78 is 0. The van der Waals surface area contributed by atoms with E-state index in [2.05, 4.69) is 17.1 Å². The molecule has 3 heteroatoms. The second kappa shape index (κ2) is 5.17. The minimum atomic E-state index is 0.206. The predicted molar refractivity (Wildman–Crippen MR) is 84.0 cm³/mol. The van der Waals surface area contributed by atoms with Crippen LogP contribution in [0.4, 0.5) is 4.79 Å². The Labute approximate surface area is 128 Å². The first-order valence-electron chi connectivity index (χ1n) is 9.15. The van der Waals surface area contributed by atoms with E-state index in [1.54, 1.807) is 0 Å². The van der Waals surface area contributed by atoms with Gasteiger partial charge in [0.1, 0.15) is 0 Å². The fourth-order valence-electron chi connectivity index (χ4n) is 6.26. The van der Waals surface area contributed by atoms with Gasteiger partial charge in [-0.1, -0.05) is 6.92 Å². The highest BCUT2D eigenvalue weighted by Gasteiger charge is 2.50. The average Bonchev–Trinajstić information content (AvgIpc) is 2.43. The summed E-state index contributed by atoms with van der Waals surface area (Å²) in [6, 6.07) is 0.206. The molecule has 1 atom stereocenters. The number of piperidine rings is 1. The largest absolute Gasteiger partial charge is 0.337 e. The first-order valence-corrected chi connectivity index (χ1v) is 9.15. The molecule has 4 aliphatic carbocycles. The van der Waals surface area contributed by atoms with Crippen LogP contribution in [0.1, 0.15) is 58.3 Å². The van der Waals surface area contributed by atoms with Crippen LogP contribution in [-0.2, 0) is 0 Å². The second-order valence-corrected chi connectivity index (χ2v) is 8.77. The molecule has 4 saturated carbocycles. The van der Waals surface area contributed by atoms with Crippen molar-refractivity contribution in [1.82, 2.24) is 10.2 Å². The first kappa shape index (κ1) is 13.9. The topological polar surface area (TPSA) is 32.3 Å². The van der Waals surface area contributed by atoms with E-state index in [4.69, 9.17) is 0 Å². The van der Waals surface area contributed by atoms with E-state index in [0.29, 0.717) is 11.3 Å². The third kappa shape index (κ3) is 2.68. The van der Waals surface area contributed by atoms with Gasteiger partial charge in [0.2, 0.25) is 0 Å². The predicted octanol–water partition coefficient (Wildman–Crippen LogP) is 3.64. The number of likely N-dealkylation sites (tertiary alicyclic amines) is 1. The van der Waals surface area contributed by atoms with Crippen LogP contribution < -0.4 is 5.32 Å². The highest BCUT2D eigenvalue weighted by Crippen LogP contribution is 2.59. The lowest BCUT2D eigenvalue weighted by Gasteiger charge is -2.57. The van der Waals surface area contributed by atoms with Gasteiger partial charge in [0.25, 0.3) is 0 Å². The normalized spacial score (nSPS) is 44.9. The van der Waals surface area contributed by atoms with Crippen molar-refractivity contribution in [1.29, 1.82) is 0 Å². The third-order valence-electron chi connectivity index (χ3n) is 6.72. The van der Waals surface area contributed by atoms with E-state index < -0.39 is 0 Å². The zero-order chi connectivity index (χ0) is 14.4. The molecule has 118 valence electrons. The maximum atomic E-state index is 12.5. The van der Waals surface area contributed by atoms with Gasteiger partial charge >= 0.3 is 6.03 Å². The van der Waals surface area contributed by atoms with Crippen molar-refractivity contribution in [2.75, 3.05) is 19.6 Å². The van der Waals surface area contributed by atoms with Gasteiger partial charge in [-0.25, -0.2) is 4.79 Å². The maximum absolute atomic E-state index is 12.5. The zero-order valence-corrected chi connectivity index (χ0v) is 13.4. The molecular weight excluding hydrogens is 260 g/mol. The second-order valence-electron chi connectivity index (χ2n) is 8.77. The summed E-state index contributed by atoms with van der Waals surface area (Å²) in [5.74, 6) is 3.60. The number of nitrogens with zero attached hydrogens (tertiary/aromatic N) is 1. The van der Waals surface area contributed by atoms with Gasteiger partial charge in [0.05, 0.1) is 0 Å². The number of hydrogen-bond acceptors (Lipinski definition) is 1. The van der Waals surface area contributed by atoms with Gasteiger partial charge in [0.15, 0.2) is 0 Å². The quantitative estimate of drug-likeness (QED) is 0.827. The Morgan fingerprint density at radius 1 is 1.14 bits per heavy atom. The molecule has 0 aromatic heterocycles. The van der Waals surface area contributed by atoms with Gasteiger partial charge in [0, 0.05) is 19.6 Å². The summed E-state index contributed by atoms with van der Waals surface area (Å²) in [5.41, 5.74) is 0.464. The van der Waals surface area contributed by atoms with Crippen molar-refractivity contribution < 1.29 is 4.79 Å². The molecular formula is C18H30N2O. The number of carbonyl (C=O) groups excluding carboxylic acids is 1. The summed E-state index contributed by atoms with van der Waals surface area (Å²) in [5, 5.41) is 3.32. The summed E-state index contributed by atoms with van der Waals surface area (Å²) in [6.45, 7) is 5.11. The van der Waals surface area contributed by atoms with Crippen molar-refractivity contribution in [2.45, 2.75) is 58.3 Å². The van der Waals surface area contributed by atoms with Crippen LogP contribution in [0.2, 0.25) is 0 Å². The molecule has 5 rings (SSSR count). The summed E-state index contributed by atoms with van der Waals surface area (Å²) >= 11 is 0. The van der Waals surface area contributed by atoms with Gasteiger partial charge in [-0.05, 0) is 80.5 Å². The van der Waals surface area contributed by atoms with E-state index >= 15 is 0 Å². The van der Waals surface area contributed by atoms with Crippen LogP contribution in [0.25, 0.3) is 0 Å². The Kier molecular flexibility index (Phi) is 3.42. The van der Waals surface area contributed by atoms with E-state index in [1.807, 2.05) is 0 Å². The van der Waals surface area contributed by atoms with Crippen LogP contribution in [0.5, 0.6) is 0 Å². The minimum absolute atomic E-state index is 0.206. The monoisotopic (exact) mass is 290 g/mol. The van der Waals surface area contributed by atoms with Gasteiger partial charge in [-0.3, -0.25) is 0 Å². The molecule has 1 N–H and O–H groups in total. The Morgan fingerprint density at radius 2 is 1.76 bits per heavy atom. The number of urea groups is 1. The van der Waals surface area contributed by atoms with Crippen molar-refractivity contribution in [3.05, 3.63) is 0 Å². The molecule has 1 unspecified atom stereocenters. The molecule has 1 heterocycles. The Morgan fingerprint density at radius 3 is 2.33 bits per heavy atom. The zero-order valence-electron chi connectivity index (χ0n) is 13.4. The first-order chi connectivity index (χ1) is 10.1. The average molecular weight is 290 g/mol. The molecule has 1 saturated heterocycles. The van der Waals surface area contributed by atoms with Crippen molar-refractivity contribution >= 4 is 6.03 Å². The number of nitrogens with one attached hydrogen (secondary N) is 1. The molecule has 5 aliphatic rings. The van der Waals surface area contributed by atoms with Gasteiger partial charge in [-0.2, -0.15) is 0 Å². The molecule has 1 aliphatic heterocycles. The molecule has 0 aromatic carbocycles. The fraction of sp³-hybridized carbons (Fsp3) is 0.944. The van der Waals surface area contributed by atoms with Crippen LogP contribution in [0.3, 0.4) is 0 Å². The number of hydrogen-bond donors (Lipinski definition) is 1. The van der Waals surface area contributed by atoms with Crippen LogP contribution in [-0.4, -0.2) is 30.6 Å². The number of rotatable bonds is 2. The Hall–Kier alpha value is -0.730. The van der Waals surface area contributed by atoms with E-state index in [9.17, 15) is 4.79 Å². The van der Waals surface area contributed by atoms with Gasteiger partial charge in [-0.15, -0.1) is 0 Å². The lowest BCUT2D eigenvalue weighted by Crippen LogP contribution is -2.53. The number of carbonyl (C=O) groups is 1. The van der Waals surface area contributed by atoms with Gasteiger partial charge < -0.3 is 10.2 Å². The summed E-state index contributed by atoms with van der Waals surface area (Å²) in [4.78, 5) is 14.5. The summed E-state index contributed by atoms with van der Waals surface area (Å²) in [7, 11) is 0. The maximum Gasteiger partial charge on any atom is 0.317 e. The van der Waals surface area contributed by atoms with Crippen LogP contribution in [0.15, 0.2) is 0 Å². The molecule has 21 heavy (non-hydrogen) atoms. The molecule has 3 nitrogen and oxygen atoms in total. The van der Waals surface area contributed by atoms with Crippen molar-refractivity contribution in [3.8, 4) is 0 Å². The molecule has 2 amide bonds. The van der Waals surface area contributed by atoms with Crippen molar-refractivity contribution in [3.63, 3.8) is 0 Å². The fourth-order valence-corrected chi connectivity index (χ4v) is 6.26. The third-order valence-corrected chi connectivity index (χ3v) is 6.72. The standard InChI is InChI=1S/C18H30N2O/c1-13-3-2-4-20(11-13)17(21)19-12-18-8-14-5-15(9-18)7-16(6-14)10-18/h13-16H,2-12H2,1H3,(H,19,21).